The summed E-state index contributed by atoms with van der Waals surface area (Å²) < 4.78 is 5.60. The highest BCUT2D eigenvalue weighted by molar-refractivity contribution is 5.81. The van der Waals surface area contributed by atoms with Gasteiger partial charge < -0.3 is 41.6 Å². The third kappa shape index (κ3) is 7.46. The summed E-state index contributed by atoms with van der Waals surface area (Å²) in [4.78, 5) is 10.7. The number of amidine groups is 2. The minimum Gasteiger partial charge on any atom is -0.409 e. The van der Waals surface area contributed by atoms with E-state index in [0.29, 0.717) is 31.0 Å². The van der Waals surface area contributed by atoms with E-state index in [2.05, 4.69) is 15.1 Å². The maximum atomic E-state index is 10.3. The zero-order chi connectivity index (χ0) is 22.8. The number of rotatable bonds is 10. The van der Waals surface area contributed by atoms with Crippen molar-refractivity contribution in [3.63, 3.8) is 0 Å². The van der Waals surface area contributed by atoms with Gasteiger partial charge in [-0.2, -0.15) is 0 Å². The van der Waals surface area contributed by atoms with Crippen molar-refractivity contribution in [2.45, 2.75) is 82.8 Å². The van der Waals surface area contributed by atoms with Gasteiger partial charge in [-0.3, -0.25) is 0 Å². The molecule has 2 aliphatic heterocycles. The Morgan fingerprint density at radius 2 is 1.84 bits per heavy atom. The maximum absolute atomic E-state index is 10.3. The Labute approximate surface area is 182 Å². The number of unbranched alkanes of at least 4 members (excludes halogenated alkanes) is 3. The van der Waals surface area contributed by atoms with Crippen LogP contribution in [0, 0.1) is 0 Å². The molecular formula is C20H36N6O5. The van der Waals surface area contributed by atoms with Gasteiger partial charge >= 0.3 is 0 Å². The Hall–Kier alpha value is -2.21. The molecule has 2 aliphatic rings. The number of aliphatic imine (C=N–C) groups is 2. The molecule has 0 amide bonds. The highest BCUT2D eigenvalue weighted by atomic mass is 16.6. The second-order valence-corrected chi connectivity index (χ2v) is 8.03. The van der Waals surface area contributed by atoms with E-state index in [-0.39, 0.29) is 12.4 Å². The highest BCUT2D eigenvalue weighted by Crippen LogP contribution is 2.25. The van der Waals surface area contributed by atoms with Gasteiger partial charge in [-0.25, -0.2) is 9.98 Å². The minimum absolute atomic E-state index is 0.247. The van der Waals surface area contributed by atoms with Gasteiger partial charge in [0.1, 0.15) is 30.0 Å². The third-order valence-electron chi connectivity index (χ3n) is 5.52. The molecular weight excluding hydrogens is 404 g/mol. The van der Waals surface area contributed by atoms with Crippen molar-refractivity contribution < 1.29 is 25.3 Å². The molecule has 0 spiro atoms. The summed E-state index contributed by atoms with van der Waals surface area (Å²) in [5.41, 5.74) is 12.6. The third-order valence-corrected chi connectivity index (χ3v) is 5.52. The molecule has 2 heterocycles. The van der Waals surface area contributed by atoms with Gasteiger partial charge in [0, 0.05) is 19.4 Å². The lowest BCUT2D eigenvalue weighted by Crippen LogP contribution is -2.44. The molecule has 1 fully saturated rings. The second kappa shape index (κ2) is 12.6. The van der Waals surface area contributed by atoms with Gasteiger partial charge in [-0.15, -0.1) is 0 Å². The molecule has 11 nitrogen and oxygen atoms in total. The van der Waals surface area contributed by atoms with E-state index in [9.17, 15) is 15.3 Å². The molecule has 176 valence electrons. The molecule has 0 bridgehead atoms. The normalized spacial score (nSPS) is 28.2. The first-order valence-electron chi connectivity index (χ1n) is 10.8. The van der Waals surface area contributed by atoms with E-state index in [1.165, 1.54) is 0 Å². The van der Waals surface area contributed by atoms with Crippen molar-refractivity contribution in [1.82, 2.24) is 4.90 Å². The van der Waals surface area contributed by atoms with Gasteiger partial charge in [0.05, 0.1) is 12.9 Å². The van der Waals surface area contributed by atoms with Crippen LogP contribution in [-0.2, 0) is 4.74 Å². The average Bonchev–Trinajstić information content (AvgIpc) is 3.04. The summed E-state index contributed by atoms with van der Waals surface area (Å²) in [7, 11) is 0. The molecule has 4 atom stereocenters. The van der Waals surface area contributed by atoms with Crippen LogP contribution in [-0.4, -0.2) is 81.1 Å². The Balaban J connectivity index is 1.91. The van der Waals surface area contributed by atoms with Crippen LogP contribution in [0.15, 0.2) is 26.5 Å². The van der Waals surface area contributed by atoms with Crippen LogP contribution in [0.2, 0.25) is 0 Å². The average molecular weight is 441 g/mol. The van der Waals surface area contributed by atoms with Crippen LogP contribution >= 0.6 is 0 Å². The SMILES string of the molecule is CC1=C(N=C(N)CCCCCCC(N)=NO)N=CN(C2OC(CO)C(O)C2O)CCC1. The smallest absolute Gasteiger partial charge is 0.160 e. The fourth-order valence-electron chi connectivity index (χ4n) is 3.61. The molecule has 0 aromatic rings. The number of nitrogens with zero attached hydrogens (tertiary/aromatic N) is 4. The molecule has 0 radical (unpaired) electrons. The number of hydrogen-bond acceptors (Lipinski definition) is 9. The van der Waals surface area contributed by atoms with Crippen molar-refractivity contribution in [1.29, 1.82) is 0 Å². The van der Waals surface area contributed by atoms with Gasteiger partial charge in [-0.1, -0.05) is 18.0 Å². The predicted molar refractivity (Wildman–Crippen MR) is 118 cm³/mol. The van der Waals surface area contributed by atoms with Gasteiger partial charge in [-0.05, 0) is 38.2 Å². The summed E-state index contributed by atoms with van der Waals surface area (Å²) in [5, 5.41) is 41.0. The van der Waals surface area contributed by atoms with E-state index >= 15 is 0 Å². The fourth-order valence-corrected chi connectivity index (χ4v) is 3.61. The van der Waals surface area contributed by atoms with Gasteiger partial charge in [0.25, 0.3) is 0 Å². The van der Waals surface area contributed by atoms with Crippen molar-refractivity contribution in [3.8, 4) is 0 Å². The van der Waals surface area contributed by atoms with E-state index in [4.69, 9.17) is 21.4 Å². The quantitative estimate of drug-likeness (QED) is 0.0916. The number of ether oxygens (including phenoxy) is 1. The molecule has 0 aromatic carbocycles. The Morgan fingerprint density at radius 3 is 2.45 bits per heavy atom. The zero-order valence-corrected chi connectivity index (χ0v) is 18.1. The lowest BCUT2D eigenvalue weighted by molar-refractivity contribution is -0.0700. The lowest BCUT2D eigenvalue weighted by atomic mass is 10.1. The van der Waals surface area contributed by atoms with Crippen LogP contribution in [0.3, 0.4) is 0 Å². The molecule has 1 saturated heterocycles. The van der Waals surface area contributed by atoms with E-state index in [0.717, 1.165) is 44.1 Å². The van der Waals surface area contributed by atoms with E-state index in [1.807, 2.05) is 6.92 Å². The van der Waals surface area contributed by atoms with Crippen LogP contribution in [0.1, 0.15) is 58.3 Å². The lowest BCUT2D eigenvalue weighted by Gasteiger charge is -2.29. The molecule has 0 aromatic heterocycles. The Kier molecular flexibility index (Phi) is 10.2. The molecule has 8 N–H and O–H groups in total. The van der Waals surface area contributed by atoms with Crippen LogP contribution < -0.4 is 11.5 Å². The minimum atomic E-state index is -1.15. The molecule has 4 unspecified atom stereocenters. The number of hydrogen-bond donors (Lipinski definition) is 6. The summed E-state index contributed by atoms with van der Waals surface area (Å²) in [6.07, 6.45) is 4.14. The van der Waals surface area contributed by atoms with Crippen LogP contribution in [0.25, 0.3) is 0 Å². The number of aliphatic hydroxyl groups excluding tert-OH is 3. The number of allylic oxidation sites excluding steroid dienone is 1. The molecule has 11 heteroatoms. The second-order valence-electron chi connectivity index (χ2n) is 8.03. The monoisotopic (exact) mass is 440 g/mol. The van der Waals surface area contributed by atoms with Gasteiger partial charge in [0.2, 0.25) is 0 Å². The predicted octanol–water partition coefficient (Wildman–Crippen LogP) is 0.225. The number of oxime groups is 1. The molecule has 0 saturated carbocycles. The Morgan fingerprint density at radius 1 is 1.16 bits per heavy atom. The topological polar surface area (TPSA) is 183 Å². The maximum Gasteiger partial charge on any atom is 0.160 e. The van der Waals surface area contributed by atoms with Crippen molar-refractivity contribution in [3.05, 3.63) is 11.4 Å². The summed E-state index contributed by atoms with van der Waals surface area (Å²) >= 11 is 0. The van der Waals surface area contributed by atoms with Crippen molar-refractivity contribution in [2.75, 3.05) is 13.2 Å². The fraction of sp³-hybridized carbons (Fsp3) is 0.750. The molecule has 2 rings (SSSR count). The first kappa shape index (κ1) is 25.1. The largest absolute Gasteiger partial charge is 0.409 e. The summed E-state index contributed by atoms with van der Waals surface area (Å²) in [6.45, 7) is 2.19. The number of aliphatic hydroxyl groups is 3. The van der Waals surface area contributed by atoms with E-state index in [1.54, 1.807) is 11.2 Å². The highest BCUT2D eigenvalue weighted by Gasteiger charge is 2.44. The first-order chi connectivity index (χ1) is 14.9. The van der Waals surface area contributed by atoms with Gasteiger partial charge in [0.15, 0.2) is 12.0 Å². The van der Waals surface area contributed by atoms with Crippen molar-refractivity contribution >= 4 is 18.0 Å². The van der Waals surface area contributed by atoms with Crippen LogP contribution in [0.4, 0.5) is 0 Å². The zero-order valence-electron chi connectivity index (χ0n) is 18.1. The molecule has 0 aliphatic carbocycles. The first-order valence-corrected chi connectivity index (χ1v) is 10.8. The van der Waals surface area contributed by atoms with Crippen molar-refractivity contribution in [2.24, 2.45) is 26.6 Å². The van der Waals surface area contributed by atoms with Crippen LogP contribution in [0.5, 0.6) is 0 Å². The number of nitrogens with two attached hydrogens (primary N) is 2. The molecule has 31 heavy (non-hydrogen) atoms. The summed E-state index contributed by atoms with van der Waals surface area (Å²) in [6, 6.07) is 0. The Bertz CT molecular complexity index is 696. The standard InChI is InChI=1S/C20H36N6O5/c1-13-7-6-10-26(20-18(29)17(28)14(11-27)31-20)12-23-19(13)24-15(21)8-4-2-3-5-9-16(22)25-30/h12,14,17-18,20,27-30H,2-11H2,1H3,(H2,21,24)(H2,22,25). The summed E-state index contributed by atoms with van der Waals surface area (Å²) in [5.74, 6) is 1.29. The van der Waals surface area contributed by atoms with E-state index < -0.39 is 24.5 Å².